The van der Waals surface area contributed by atoms with Crippen molar-refractivity contribution in [3.05, 3.63) is 18.0 Å². The number of nitrogens with one attached hydrogen (secondary N) is 2. The molecule has 0 aromatic carbocycles. The SMILES string of the molecule is O=C(CCOC1CCNCC1)NCc1ccon1. The van der Waals surface area contributed by atoms with Crippen LogP contribution in [0.1, 0.15) is 25.0 Å². The second-order valence-electron chi connectivity index (χ2n) is 4.34. The summed E-state index contributed by atoms with van der Waals surface area (Å²) in [6, 6.07) is 1.73. The van der Waals surface area contributed by atoms with Crippen LogP contribution in [0, 0.1) is 0 Å². The molecule has 0 bridgehead atoms. The van der Waals surface area contributed by atoms with Gasteiger partial charge in [-0.25, -0.2) is 0 Å². The minimum atomic E-state index is -0.0214. The van der Waals surface area contributed by atoms with E-state index in [2.05, 4.69) is 20.3 Å². The Labute approximate surface area is 106 Å². The largest absolute Gasteiger partial charge is 0.378 e. The molecule has 1 aliphatic heterocycles. The number of ether oxygens (including phenoxy) is 1. The maximum atomic E-state index is 11.5. The van der Waals surface area contributed by atoms with Crippen LogP contribution < -0.4 is 10.6 Å². The van der Waals surface area contributed by atoms with E-state index in [1.54, 1.807) is 6.07 Å². The van der Waals surface area contributed by atoms with Gasteiger partial charge in [0, 0.05) is 12.5 Å². The van der Waals surface area contributed by atoms with E-state index in [1.165, 1.54) is 6.26 Å². The molecule has 1 amide bonds. The zero-order chi connectivity index (χ0) is 12.6. The molecule has 1 aromatic heterocycles. The number of hydrogen-bond donors (Lipinski definition) is 2. The number of carbonyl (C=O) groups excluding carboxylic acids is 1. The summed E-state index contributed by atoms with van der Waals surface area (Å²) in [7, 11) is 0. The Morgan fingerprint density at radius 2 is 2.39 bits per heavy atom. The summed E-state index contributed by atoms with van der Waals surface area (Å²) in [6.45, 7) is 2.89. The number of nitrogens with zero attached hydrogens (tertiary/aromatic N) is 1. The summed E-state index contributed by atoms with van der Waals surface area (Å²) in [6.07, 6.45) is 4.24. The third-order valence-corrected chi connectivity index (χ3v) is 2.93. The van der Waals surface area contributed by atoms with Gasteiger partial charge in [0.1, 0.15) is 12.0 Å². The van der Waals surface area contributed by atoms with E-state index in [-0.39, 0.29) is 5.91 Å². The highest BCUT2D eigenvalue weighted by Gasteiger charge is 2.13. The van der Waals surface area contributed by atoms with Crippen LogP contribution in [0.2, 0.25) is 0 Å². The van der Waals surface area contributed by atoms with Crippen LogP contribution in [0.4, 0.5) is 0 Å². The van der Waals surface area contributed by atoms with E-state index in [1.807, 2.05) is 0 Å². The van der Waals surface area contributed by atoms with Crippen molar-refractivity contribution in [2.75, 3.05) is 19.7 Å². The number of rotatable bonds is 6. The summed E-state index contributed by atoms with van der Waals surface area (Å²) in [4.78, 5) is 11.5. The van der Waals surface area contributed by atoms with Gasteiger partial charge in [0.25, 0.3) is 0 Å². The molecule has 6 nitrogen and oxygen atoms in total. The Hall–Kier alpha value is -1.40. The first-order valence-corrected chi connectivity index (χ1v) is 6.33. The number of carbonyl (C=O) groups is 1. The quantitative estimate of drug-likeness (QED) is 0.769. The molecule has 0 saturated carbocycles. The summed E-state index contributed by atoms with van der Waals surface area (Å²) >= 11 is 0. The first-order valence-electron chi connectivity index (χ1n) is 6.33. The zero-order valence-corrected chi connectivity index (χ0v) is 10.4. The normalized spacial score (nSPS) is 16.7. The highest BCUT2D eigenvalue weighted by atomic mass is 16.5. The van der Waals surface area contributed by atoms with E-state index >= 15 is 0 Å². The van der Waals surface area contributed by atoms with Gasteiger partial charge in [-0.05, 0) is 25.9 Å². The van der Waals surface area contributed by atoms with E-state index in [0.29, 0.717) is 25.7 Å². The molecule has 2 heterocycles. The fraction of sp³-hybridized carbons (Fsp3) is 0.667. The monoisotopic (exact) mass is 253 g/mol. The van der Waals surface area contributed by atoms with Crippen molar-refractivity contribution < 1.29 is 14.1 Å². The molecule has 18 heavy (non-hydrogen) atoms. The Morgan fingerprint density at radius 3 is 3.11 bits per heavy atom. The van der Waals surface area contributed by atoms with Gasteiger partial charge in [0.15, 0.2) is 0 Å². The van der Waals surface area contributed by atoms with Gasteiger partial charge in [0.05, 0.1) is 19.3 Å². The van der Waals surface area contributed by atoms with Crippen LogP contribution >= 0.6 is 0 Å². The molecule has 0 aliphatic carbocycles. The van der Waals surface area contributed by atoms with Crippen LogP contribution in [0.15, 0.2) is 16.9 Å². The number of aromatic nitrogens is 1. The predicted molar refractivity (Wildman–Crippen MR) is 64.8 cm³/mol. The van der Waals surface area contributed by atoms with E-state index in [9.17, 15) is 4.79 Å². The van der Waals surface area contributed by atoms with Gasteiger partial charge >= 0.3 is 0 Å². The molecule has 2 rings (SSSR count). The number of hydrogen-bond acceptors (Lipinski definition) is 5. The molecule has 1 aromatic rings. The third-order valence-electron chi connectivity index (χ3n) is 2.93. The first-order chi connectivity index (χ1) is 8.84. The number of piperidine rings is 1. The van der Waals surface area contributed by atoms with Gasteiger partial charge in [0.2, 0.25) is 5.91 Å². The van der Waals surface area contributed by atoms with Crippen LogP contribution in [0.5, 0.6) is 0 Å². The average molecular weight is 253 g/mol. The lowest BCUT2D eigenvalue weighted by Gasteiger charge is -2.22. The standard InChI is InChI=1S/C12H19N3O3/c16-12(14-9-10-3-8-18-15-10)4-7-17-11-1-5-13-6-2-11/h3,8,11,13H,1-2,4-7,9H2,(H,14,16). The fourth-order valence-corrected chi connectivity index (χ4v) is 1.89. The summed E-state index contributed by atoms with van der Waals surface area (Å²) in [5, 5.41) is 9.76. The highest BCUT2D eigenvalue weighted by molar-refractivity contribution is 5.75. The van der Waals surface area contributed by atoms with Crippen molar-refractivity contribution in [1.82, 2.24) is 15.8 Å². The van der Waals surface area contributed by atoms with E-state index in [4.69, 9.17) is 4.74 Å². The second kappa shape index (κ2) is 7.13. The van der Waals surface area contributed by atoms with Gasteiger partial charge in [-0.2, -0.15) is 0 Å². The maximum absolute atomic E-state index is 11.5. The van der Waals surface area contributed by atoms with Crippen LogP contribution in [-0.2, 0) is 16.1 Å². The Morgan fingerprint density at radius 1 is 1.56 bits per heavy atom. The molecular weight excluding hydrogens is 234 g/mol. The van der Waals surface area contributed by atoms with Gasteiger partial charge in [-0.1, -0.05) is 5.16 Å². The molecule has 1 fully saturated rings. The molecule has 0 atom stereocenters. The van der Waals surface area contributed by atoms with E-state index in [0.717, 1.165) is 31.6 Å². The Balaban J connectivity index is 1.54. The smallest absolute Gasteiger partial charge is 0.222 e. The van der Waals surface area contributed by atoms with Crippen molar-refractivity contribution in [3.8, 4) is 0 Å². The topological polar surface area (TPSA) is 76.4 Å². The van der Waals surface area contributed by atoms with Crippen LogP contribution in [-0.4, -0.2) is 36.9 Å². The van der Waals surface area contributed by atoms with Crippen molar-refractivity contribution in [2.24, 2.45) is 0 Å². The predicted octanol–water partition coefficient (Wildman–Crippen LogP) is 0.449. The summed E-state index contributed by atoms with van der Waals surface area (Å²) in [5.41, 5.74) is 0.725. The van der Waals surface area contributed by atoms with Gasteiger partial charge < -0.3 is 19.9 Å². The molecule has 0 radical (unpaired) electrons. The van der Waals surface area contributed by atoms with Crippen molar-refractivity contribution in [3.63, 3.8) is 0 Å². The fourth-order valence-electron chi connectivity index (χ4n) is 1.89. The minimum Gasteiger partial charge on any atom is -0.378 e. The Bertz CT molecular complexity index is 347. The molecule has 1 aliphatic rings. The number of amides is 1. The Kier molecular flexibility index (Phi) is 5.16. The molecule has 100 valence electrons. The summed E-state index contributed by atoms with van der Waals surface area (Å²) in [5.74, 6) is -0.0214. The highest BCUT2D eigenvalue weighted by Crippen LogP contribution is 2.07. The van der Waals surface area contributed by atoms with Crippen LogP contribution in [0.3, 0.4) is 0 Å². The molecular formula is C12H19N3O3. The molecule has 0 unspecified atom stereocenters. The average Bonchev–Trinajstić information content (AvgIpc) is 2.91. The van der Waals surface area contributed by atoms with Gasteiger partial charge in [-0.15, -0.1) is 0 Å². The third kappa shape index (κ3) is 4.46. The van der Waals surface area contributed by atoms with Crippen molar-refractivity contribution in [2.45, 2.75) is 31.9 Å². The van der Waals surface area contributed by atoms with Crippen LogP contribution in [0.25, 0.3) is 0 Å². The zero-order valence-electron chi connectivity index (χ0n) is 10.4. The lowest BCUT2D eigenvalue weighted by atomic mass is 10.1. The summed E-state index contributed by atoms with van der Waals surface area (Å²) < 4.78 is 10.3. The lowest BCUT2D eigenvalue weighted by molar-refractivity contribution is -0.122. The molecule has 6 heteroatoms. The first kappa shape index (κ1) is 13.0. The molecule has 0 spiro atoms. The molecule has 2 N–H and O–H groups in total. The van der Waals surface area contributed by atoms with Gasteiger partial charge in [-0.3, -0.25) is 4.79 Å². The van der Waals surface area contributed by atoms with Crippen molar-refractivity contribution >= 4 is 5.91 Å². The maximum Gasteiger partial charge on any atom is 0.222 e. The second-order valence-corrected chi connectivity index (χ2v) is 4.34. The molecule has 1 saturated heterocycles. The van der Waals surface area contributed by atoms with E-state index < -0.39 is 0 Å². The lowest BCUT2D eigenvalue weighted by Crippen LogP contribution is -2.33. The van der Waals surface area contributed by atoms with Crippen molar-refractivity contribution in [1.29, 1.82) is 0 Å². The minimum absolute atomic E-state index is 0.0214.